The zero-order valence-electron chi connectivity index (χ0n) is 11.0. The summed E-state index contributed by atoms with van der Waals surface area (Å²) >= 11 is 0. The van der Waals surface area contributed by atoms with Gasteiger partial charge in [-0.25, -0.2) is 18.6 Å². The van der Waals surface area contributed by atoms with Crippen LogP contribution in [0.3, 0.4) is 0 Å². The molecule has 6 nitrogen and oxygen atoms in total. The lowest BCUT2D eigenvalue weighted by molar-refractivity contribution is -2.00. The van der Waals surface area contributed by atoms with Gasteiger partial charge in [-0.15, -0.1) is 10.2 Å². The highest BCUT2D eigenvalue weighted by Crippen LogP contribution is 1.98. The molecular weight excluding hydrogens is 274 g/mol. The second-order valence-corrected chi connectivity index (χ2v) is 4.62. The van der Waals surface area contributed by atoms with Gasteiger partial charge in [0.25, 0.3) is 6.73 Å². The molecule has 0 spiro atoms. The van der Waals surface area contributed by atoms with E-state index in [1.54, 1.807) is 0 Å². The van der Waals surface area contributed by atoms with Crippen LogP contribution in [0, 0.1) is 10.2 Å². The lowest BCUT2D eigenvalue weighted by atomic mass is 10.2. The Morgan fingerprint density at radius 2 is 1.53 bits per heavy atom. The van der Waals surface area contributed by atoms with Gasteiger partial charge in [-0.05, 0) is 6.42 Å². The quantitative estimate of drug-likeness (QED) is 0.418. The van der Waals surface area contributed by atoms with E-state index in [1.807, 2.05) is 35.2 Å². The van der Waals surface area contributed by atoms with E-state index in [9.17, 15) is 0 Å². The topological polar surface area (TPSA) is 105 Å². The van der Waals surface area contributed by atoms with Crippen molar-refractivity contribution in [3.8, 4) is 0 Å². The van der Waals surface area contributed by atoms with Crippen molar-refractivity contribution in [1.29, 1.82) is 0 Å². The van der Waals surface area contributed by atoms with Crippen molar-refractivity contribution in [2.75, 3.05) is 6.61 Å². The number of pyridine rings is 1. The molecule has 0 unspecified atom stereocenters. The molecule has 0 radical (unpaired) electrons. The van der Waals surface area contributed by atoms with Crippen LogP contribution in [0.5, 0.6) is 0 Å². The predicted molar refractivity (Wildman–Crippen MR) is 56.7 cm³/mol. The molecule has 0 N–H and O–H groups in total. The van der Waals surface area contributed by atoms with Gasteiger partial charge in [-0.1, -0.05) is 32.3 Å². The van der Waals surface area contributed by atoms with Crippen LogP contribution in [0.2, 0.25) is 0 Å². The number of nitrogens with zero attached hydrogens (tertiary/aromatic N) is 1. The molecule has 0 amide bonds. The first-order chi connectivity index (χ1) is 8.93. The van der Waals surface area contributed by atoms with Crippen LogP contribution in [0.25, 0.3) is 0 Å². The average Bonchev–Trinajstić information content (AvgIpc) is 2.33. The summed E-state index contributed by atoms with van der Waals surface area (Å²) in [6, 6.07) is 6.04. The Balaban J connectivity index is 0.000000555. The van der Waals surface area contributed by atoms with Gasteiger partial charge in [0.1, 0.15) is 0 Å². The fourth-order valence-corrected chi connectivity index (χ4v) is 1.32. The fourth-order valence-electron chi connectivity index (χ4n) is 1.32. The van der Waals surface area contributed by atoms with E-state index < -0.39 is 10.2 Å². The lowest BCUT2D eigenvalue weighted by Gasteiger charge is -2.17. The number of rotatable bonds is 7. The summed E-state index contributed by atoms with van der Waals surface area (Å²) in [6.45, 7) is 3.77. The average molecular weight is 294 g/mol. The van der Waals surface area contributed by atoms with Crippen LogP contribution in [-0.4, -0.2) is 6.61 Å². The molecule has 0 aliphatic carbocycles. The van der Waals surface area contributed by atoms with Crippen molar-refractivity contribution in [2.45, 2.75) is 39.3 Å². The molecule has 110 valence electrons. The Bertz CT molecular complexity index is 299. The minimum Gasteiger partial charge on any atom is -0.323 e. The molecule has 0 aromatic carbocycles. The predicted octanol–water partition coefficient (Wildman–Crippen LogP) is -2.23. The van der Waals surface area contributed by atoms with Gasteiger partial charge in [0.05, 0.1) is 6.61 Å². The maximum absolute atomic E-state index is 8.49. The van der Waals surface area contributed by atoms with E-state index in [0.717, 1.165) is 6.61 Å². The van der Waals surface area contributed by atoms with E-state index >= 15 is 0 Å². The largest absolute Gasteiger partial charge is 0.323 e. The maximum Gasteiger partial charge on any atom is 0.252 e. The zero-order valence-corrected chi connectivity index (χ0v) is 11.8. The molecule has 0 aliphatic rings. The summed E-state index contributed by atoms with van der Waals surface area (Å²) in [4.78, 5) is 0. The molecule has 19 heavy (non-hydrogen) atoms. The van der Waals surface area contributed by atoms with Crippen molar-refractivity contribution >= 4 is 0 Å². The number of halogens is 1. The third-order valence-electron chi connectivity index (χ3n) is 2.16. The Morgan fingerprint density at radius 3 is 2.05 bits per heavy atom. The van der Waals surface area contributed by atoms with E-state index in [2.05, 4.69) is 6.92 Å². The molecule has 0 saturated carbocycles. The van der Waals surface area contributed by atoms with E-state index in [1.165, 1.54) is 25.7 Å². The first kappa shape index (κ1) is 18.2. The summed E-state index contributed by atoms with van der Waals surface area (Å²) in [5, 5.41) is 0. The minimum absolute atomic E-state index is 0.674. The van der Waals surface area contributed by atoms with Gasteiger partial charge in [0.15, 0.2) is 12.4 Å². The van der Waals surface area contributed by atoms with Gasteiger partial charge >= 0.3 is 0 Å². The van der Waals surface area contributed by atoms with Crippen molar-refractivity contribution in [3.05, 3.63) is 30.6 Å². The standard InChI is InChI=1S/C12H20NO.ClHO4/c1-2-3-4-8-11-14-12-13-9-6-5-7-10-13;2-1(3,4)5/h5-7,9-10H,2-4,8,11-12H2,1H3;(H,2,3,4,5)/q+1;/p-1. The summed E-state index contributed by atoms with van der Waals surface area (Å²) < 4.78 is 41.5. The monoisotopic (exact) mass is 293 g/mol. The third kappa shape index (κ3) is 17.2. The molecule has 1 rings (SSSR count). The van der Waals surface area contributed by atoms with Crippen molar-refractivity contribution in [1.82, 2.24) is 0 Å². The van der Waals surface area contributed by atoms with Crippen molar-refractivity contribution < 1.29 is 38.2 Å². The highest BCUT2D eigenvalue weighted by atomic mass is 35.7. The van der Waals surface area contributed by atoms with E-state index in [4.69, 9.17) is 23.4 Å². The van der Waals surface area contributed by atoms with Crippen molar-refractivity contribution in [2.24, 2.45) is 0 Å². The van der Waals surface area contributed by atoms with E-state index in [-0.39, 0.29) is 0 Å². The highest BCUT2D eigenvalue weighted by Gasteiger charge is 1.96. The summed E-state index contributed by atoms with van der Waals surface area (Å²) in [5.41, 5.74) is 0. The molecule has 1 heterocycles. The smallest absolute Gasteiger partial charge is 0.252 e. The van der Waals surface area contributed by atoms with Crippen LogP contribution < -0.4 is 23.2 Å². The van der Waals surface area contributed by atoms with Gasteiger partial charge < -0.3 is 4.74 Å². The normalized spacial score (nSPS) is 10.8. The molecule has 7 heteroatoms. The van der Waals surface area contributed by atoms with E-state index in [0.29, 0.717) is 6.73 Å². The van der Waals surface area contributed by atoms with Gasteiger partial charge in [0.2, 0.25) is 0 Å². The Labute approximate surface area is 115 Å². The Morgan fingerprint density at radius 1 is 0.947 bits per heavy atom. The number of hydrogen-bond acceptors (Lipinski definition) is 5. The van der Waals surface area contributed by atoms with Gasteiger partial charge in [-0.3, -0.25) is 0 Å². The molecular formula is C12H20ClNO5. The first-order valence-electron chi connectivity index (χ1n) is 6.07. The third-order valence-corrected chi connectivity index (χ3v) is 2.16. The molecule has 0 atom stereocenters. The van der Waals surface area contributed by atoms with Crippen LogP contribution >= 0.6 is 0 Å². The summed E-state index contributed by atoms with van der Waals surface area (Å²) in [5.74, 6) is 0. The number of hydrogen-bond donors (Lipinski definition) is 0. The number of ether oxygens (including phenoxy) is 1. The van der Waals surface area contributed by atoms with Crippen molar-refractivity contribution in [3.63, 3.8) is 0 Å². The van der Waals surface area contributed by atoms with Crippen LogP contribution in [0.4, 0.5) is 0 Å². The molecule has 0 bridgehead atoms. The SMILES string of the molecule is CCCCCCOC[n+]1ccccc1.[O-][Cl+3]([O-])([O-])[O-]. The molecule has 0 saturated heterocycles. The van der Waals surface area contributed by atoms with Crippen LogP contribution in [0.1, 0.15) is 32.6 Å². The van der Waals surface area contributed by atoms with Gasteiger partial charge in [-0.2, -0.15) is 4.57 Å². The number of aromatic nitrogens is 1. The fraction of sp³-hybridized carbons (Fsp3) is 0.583. The van der Waals surface area contributed by atoms with Gasteiger partial charge in [0, 0.05) is 12.1 Å². The highest BCUT2D eigenvalue weighted by molar-refractivity contribution is 4.83. The molecule has 1 aromatic heterocycles. The second kappa shape index (κ2) is 11.1. The number of unbranched alkanes of at least 4 members (excludes halogenated alkanes) is 3. The zero-order chi connectivity index (χ0) is 14.6. The first-order valence-corrected chi connectivity index (χ1v) is 7.30. The summed E-state index contributed by atoms with van der Waals surface area (Å²) in [6.07, 6.45) is 9.12. The minimum atomic E-state index is -4.94. The molecule has 0 aliphatic heterocycles. The maximum atomic E-state index is 8.49. The Hall–Kier alpha value is -0.760. The van der Waals surface area contributed by atoms with Crippen LogP contribution in [0.15, 0.2) is 30.6 Å². The Kier molecular flexibility index (Phi) is 10.7. The summed E-state index contributed by atoms with van der Waals surface area (Å²) in [7, 11) is -4.94. The molecule has 1 aromatic rings. The molecule has 0 fully saturated rings. The lowest BCUT2D eigenvalue weighted by Crippen LogP contribution is -2.68. The second-order valence-electron chi connectivity index (χ2n) is 3.87. The van der Waals surface area contributed by atoms with Crippen LogP contribution in [-0.2, 0) is 11.5 Å².